The number of rotatable bonds is 19. The number of halogens is 5. The Labute approximate surface area is 507 Å². The number of carbonyl (C=O) groups excluding carboxylic acids is 4. The lowest BCUT2D eigenvalue weighted by molar-refractivity contribution is -0.136. The molecule has 86 heavy (non-hydrogen) atoms. The minimum absolute atomic E-state index is 0.0309. The number of allylic oxidation sites excluding steroid dienone is 1. The molecular weight excluding hydrogens is 1190 g/mol. The average molecular weight is 1260 g/mol. The van der Waals surface area contributed by atoms with E-state index in [1.54, 1.807) is 24.3 Å². The van der Waals surface area contributed by atoms with E-state index in [-0.39, 0.29) is 65.9 Å². The minimum Gasteiger partial charge on any atom is -0.380 e. The molecule has 5 aromatic carbocycles. The second kappa shape index (κ2) is 24.7. The normalized spacial score (nSPS) is 21.7. The molecule has 2 unspecified atom stereocenters. The molecule has 11 rings (SSSR count). The summed E-state index contributed by atoms with van der Waals surface area (Å²) in [6.45, 7) is 10.3. The zero-order chi connectivity index (χ0) is 60.9. The summed E-state index contributed by atoms with van der Waals surface area (Å²) in [6, 6.07) is 27.7. The topological polar surface area (TPSA) is 189 Å². The van der Waals surface area contributed by atoms with Gasteiger partial charge in [0.25, 0.3) is 31.7 Å². The number of likely N-dealkylation sites (tertiary alicyclic amines) is 2. The van der Waals surface area contributed by atoms with Crippen LogP contribution in [0.2, 0.25) is 5.02 Å². The number of piperidine rings is 1. The largest absolute Gasteiger partial charge is 0.501 e. The molecule has 3 N–H and O–H groups in total. The van der Waals surface area contributed by atoms with Gasteiger partial charge in [-0.1, -0.05) is 67.4 Å². The van der Waals surface area contributed by atoms with Crippen LogP contribution in [-0.4, -0.2) is 148 Å². The zero-order valence-electron chi connectivity index (χ0n) is 47.5. The molecule has 4 amide bonds. The maximum absolute atomic E-state index is 16.2. The van der Waals surface area contributed by atoms with Gasteiger partial charge in [-0.2, -0.15) is 13.2 Å². The molecule has 4 fully saturated rings. The van der Waals surface area contributed by atoms with Gasteiger partial charge in [-0.25, -0.2) is 25.9 Å². The van der Waals surface area contributed by atoms with Gasteiger partial charge in [0.1, 0.15) is 16.8 Å². The molecule has 0 radical (unpaired) electrons. The van der Waals surface area contributed by atoms with Crippen molar-refractivity contribution in [3.63, 3.8) is 0 Å². The van der Waals surface area contributed by atoms with Crippen LogP contribution < -0.4 is 20.3 Å². The molecular formula is C62H67ClF4N8O8S3. The van der Waals surface area contributed by atoms with Gasteiger partial charge < -0.3 is 15.1 Å². The van der Waals surface area contributed by atoms with Crippen LogP contribution in [0.4, 0.5) is 28.9 Å². The van der Waals surface area contributed by atoms with Crippen molar-refractivity contribution < 1.29 is 53.6 Å². The first-order valence-corrected chi connectivity index (χ1v) is 33.2. The predicted molar refractivity (Wildman–Crippen MR) is 321 cm³/mol. The first-order valence-electron chi connectivity index (χ1n) is 28.8. The van der Waals surface area contributed by atoms with E-state index >= 15 is 4.39 Å². The van der Waals surface area contributed by atoms with Crippen molar-refractivity contribution in [2.24, 2.45) is 5.41 Å². The number of piperazine rings is 2. The van der Waals surface area contributed by atoms with Gasteiger partial charge in [-0.15, -0.1) is 11.8 Å². The van der Waals surface area contributed by atoms with Gasteiger partial charge in [-0.3, -0.25) is 39.2 Å². The monoisotopic (exact) mass is 1260 g/mol. The van der Waals surface area contributed by atoms with Gasteiger partial charge in [0, 0.05) is 127 Å². The van der Waals surface area contributed by atoms with E-state index in [9.17, 15) is 49.2 Å². The Morgan fingerprint density at radius 2 is 1.56 bits per heavy atom. The van der Waals surface area contributed by atoms with Crippen LogP contribution in [0.25, 0.3) is 5.57 Å². The lowest BCUT2D eigenvalue weighted by Crippen LogP contribution is -2.52. The van der Waals surface area contributed by atoms with Gasteiger partial charge >= 0.3 is 5.51 Å². The fraction of sp³-hybridized carbons (Fsp3) is 0.419. The number of nitrogens with zero attached hydrogens (tertiary/aromatic N) is 5. The third-order valence-corrected chi connectivity index (χ3v) is 21.9. The second-order valence-electron chi connectivity index (χ2n) is 24.0. The molecule has 1 aliphatic carbocycles. The Morgan fingerprint density at radius 3 is 2.24 bits per heavy atom. The number of carbonyl (C=O) groups is 4. The van der Waals surface area contributed by atoms with Crippen molar-refractivity contribution in [1.29, 1.82) is 0 Å². The summed E-state index contributed by atoms with van der Waals surface area (Å²) in [5.41, 5.74) is -0.510. The summed E-state index contributed by atoms with van der Waals surface area (Å²) < 4.78 is 116. The molecule has 0 aromatic heterocycles. The van der Waals surface area contributed by atoms with E-state index in [0.717, 1.165) is 68.0 Å². The number of nitrogens with one attached hydrogen (secondary N) is 3. The molecule has 16 nitrogen and oxygen atoms in total. The number of sulfone groups is 1. The maximum Gasteiger partial charge on any atom is 0.501 e. The van der Waals surface area contributed by atoms with E-state index < -0.39 is 82.4 Å². The van der Waals surface area contributed by atoms with Crippen LogP contribution in [0.3, 0.4) is 0 Å². The quantitative estimate of drug-likeness (QED) is 0.0403. The number of fused-ring (bicyclic) bond motifs is 3. The van der Waals surface area contributed by atoms with Crippen molar-refractivity contribution in [2.75, 3.05) is 68.3 Å². The summed E-state index contributed by atoms with van der Waals surface area (Å²) in [5, 5.41) is 5.99. The molecule has 0 saturated carbocycles. The predicted octanol–water partition coefficient (Wildman–Crippen LogP) is 9.36. The highest BCUT2D eigenvalue weighted by molar-refractivity contribution is 7.99. The van der Waals surface area contributed by atoms with E-state index in [2.05, 4.69) is 56.2 Å². The zero-order valence-corrected chi connectivity index (χ0v) is 50.8. The number of imide groups is 1. The van der Waals surface area contributed by atoms with E-state index in [1.165, 1.54) is 45.5 Å². The van der Waals surface area contributed by atoms with E-state index in [4.69, 9.17) is 11.6 Å². The highest BCUT2D eigenvalue weighted by Crippen LogP contribution is 2.44. The fourth-order valence-corrected chi connectivity index (χ4v) is 16.1. The summed E-state index contributed by atoms with van der Waals surface area (Å²) in [5.74, 6) is -2.77. The molecule has 4 atom stereocenters. The number of thioether (sulfide) groups is 1. The van der Waals surface area contributed by atoms with Crippen LogP contribution in [0.15, 0.2) is 129 Å². The summed E-state index contributed by atoms with van der Waals surface area (Å²) in [7, 11) is -11.1. The number of amides is 4. The molecule has 5 aliphatic heterocycles. The number of anilines is 2. The van der Waals surface area contributed by atoms with Crippen LogP contribution in [0.5, 0.6) is 0 Å². The molecule has 6 aliphatic rings. The Kier molecular flexibility index (Phi) is 17.6. The highest BCUT2D eigenvalue weighted by atomic mass is 35.5. The third-order valence-electron chi connectivity index (χ3n) is 17.6. The Hall–Kier alpha value is -6.34. The highest BCUT2D eigenvalue weighted by Gasteiger charge is 2.49. The van der Waals surface area contributed by atoms with Crippen molar-refractivity contribution in [1.82, 2.24) is 29.6 Å². The maximum atomic E-state index is 16.2. The molecule has 2 bridgehead atoms. The van der Waals surface area contributed by atoms with E-state index in [1.807, 2.05) is 47.2 Å². The minimum atomic E-state index is -6.17. The third kappa shape index (κ3) is 13.2. The molecule has 5 aromatic rings. The van der Waals surface area contributed by atoms with Gasteiger partial charge in [0.05, 0.1) is 17.1 Å². The molecule has 0 spiro atoms. The standard InChI is InChI=1S/C62H67ClF4N8O8S3/c1-61(2)24-22-50(39-8-13-43(63)14-9-39)42(32-61)33-71-26-28-72(29-27-71)45-15-10-40(11-16-45)58(77)70-86(82,83)49-17-19-53(55(31-49)85(80,81)62(65,66)67)68-44(38-84-48-6-4-3-5-7-48)23-25-73-35-47-30-46(73)36-74(47)34-41-12-18-51-52(57(41)64)37-75(60(51)79)54-20-21-56(76)69-59(54)78/h3-19,31,44,46-47,54,68H,20-30,32-38H2,1-2H3,(H,70,77)(H,69,76,78)/t44?,46-,47-,54?/m1/s1. The van der Waals surface area contributed by atoms with Gasteiger partial charge in [0.2, 0.25) is 11.8 Å². The lowest BCUT2D eigenvalue weighted by Gasteiger charge is -2.39. The van der Waals surface area contributed by atoms with Gasteiger partial charge in [-0.05, 0) is 128 Å². The van der Waals surface area contributed by atoms with Crippen molar-refractivity contribution in [3.05, 3.63) is 153 Å². The second-order valence-corrected chi connectivity index (χ2v) is 29.1. The SMILES string of the molecule is CC1(C)CCC(c2ccc(Cl)cc2)=C(CN2CCN(c3ccc(C(=O)NS(=O)(=O)c4ccc(NC(CCN5C[C@H]6C[C@@H]5CN6Cc5ccc6c(c5F)CN(C5CCC(=O)NC5=O)C6=O)CSc5ccccc5)c(S(=O)(=O)C(F)(F)F)c4)cc3)CC2)C1. The Balaban J connectivity index is 0.731. The Bertz CT molecular complexity index is 3700. The van der Waals surface area contributed by atoms with Crippen LogP contribution in [0, 0.1) is 11.2 Å². The lowest BCUT2D eigenvalue weighted by atomic mass is 9.73. The summed E-state index contributed by atoms with van der Waals surface area (Å²) >= 11 is 7.62. The fourth-order valence-electron chi connectivity index (χ4n) is 12.9. The number of alkyl halides is 3. The smallest absolute Gasteiger partial charge is 0.380 e. The molecule has 24 heteroatoms. The summed E-state index contributed by atoms with van der Waals surface area (Å²) in [4.78, 5) is 60.2. The van der Waals surface area contributed by atoms with Crippen molar-refractivity contribution >= 4 is 83.8 Å². The Morgan fingerprint density at radius 1 is 0.849 bits per heavy atom. The molecule has 456 valence electrons. The first-order chi connectivity index (χ1) is 40.9. The number of hydrogen-bond donors (Lipinski definition) is 3. The first kappa shape index (κ1) is 61.3. The van der Waals surface area contributed by atoms with Crippen molar-refractivity contribution in [2.45, 2.75) is 116 Å². The van der Waals surface area contributed by atoms with Gasteiger partial charge in [0.15, 0.2) is 0 Å². The number of sulfonamides is 1. The number of hydrogen-bond acceptors (Lipinski definition) is 14. The molecule has 5 heterocycles. The van der Waals surface area contributed by atoms with Crippen LogP contribution in [0.1, 0.15) is 96.2 Å². The summed E-state index contributed by atoms with van der Waals surface area (Å²) in [6.07, 6.45) is 4.42. The van der Waals surface area contributed by atoms with Crippen LogP contribution >= 0.6 is 23.4 Å². The van der Waals surface area contributed by atoms with Crippen molar-refractivity contribution in [3.8, 4) is 0 Å². The number of benzene rings is 5. The average Bonchev–Trinajstić information content (AvgIpc) is 1.56. The molecule has 4 saturated heterocycles. The van der Waals surface area contributed by atoms with E-state index in [0.29, 0.717) is 55.8 Å². The van der Waals surface area contributed by atoms with Crippen LogP contribution in [-0.2, 0) is 42.5 Å².